The molecule has 0 saturated carbocycles. The summed E-state index contributed by atoms with van der Waals surface area (Å²) in [5, 5.41) is 3.12. The van der Waals surface area contributed by atoms with Crippen molar-refractivity contribution in [2.45, 2.75) is 19.5 Å². The van der Waals surface area contributed by atoms with Crippen LogP contribution in [0.4, 0.5) is 4.39 Å². The molecule has 2 rings (SSSR count). The third kappa shape index (κ3) is 4.53. The van der Waals surface area contributed by atoms with Crippen LogP contribution in [0.3, 0.4) is 0 Å². The van der Waals surface area contributed by atoms with Gasteiger partial charge in [-0.25, -0.2) is 9.18 Å². The van der Waals surface area contributed by atoms with Gasteiger partial charge in [0, 0.05) is 6.54 Å². The first-order valence-corrected chi connectivity index (χ1v) is 7.43. The van der Waals surface area contributed by atoms with E-state index in [1.54, 1.807) is 13.0 Å². The van der Waals surface area contributed by atoms with Gasteiger partial charge in [0.1, 0.15) is 6.04 Å². The summed E-state index contributed by atoms with van der Waals surface area (Å²) >= 11 is 0. The minimum Gasteiger partial charge on any atom is -0.494 e. The highest BCUT2D eigenvalue weighted by atomic mass is 19.1. The Labute approximate surface area is 135 Å². The predicted molar refractivity (Wildman–Crippen MR) is 85.6 cm³/mol. The van der Waals surface area contributed by atoms with Crippen LogP contribution in [0.5, 0.6) is 5.75 Å². The Bertz CT molecular complexity index is 646. The van der Waals surface area contributed by atoms with Gasteiger partial charge in [0.2, 0.25) is 0 Å². The molecule has 0 aliphatic heterocycles. The molecule has 0 amide bonds. The Morgan fingerprint density at radius 2 is 1.96 bits per heavy atom. The lowest BCUT2D eigenvalue weighted by molar-refractivity contribution is -0.145. The second kappa shape index (κ2) is 8.29. The van der Waals surface area contributed by atoms with E-state index >= 15 is 0 Å². The summed E-state index contributed by atoms with van der Waals surface area (Å²) in [5.74, 6) is -0.812. The van der Waals surface area contributed by atoms with Crippen molar-refractivity contribution in [1.82, 2.24) is 5.32 Å². The molecule has 0 fully saturated rings. The highest BCUT2D eigenvalue weighted by molar-refractivity contribution is 5.77. The molecule has 0 aromatic heterocycles. The Balaban J connectivity index is 2.20. The lowest BCUT2D eigenvalue weighted by Gasteiger charge is -2.18. The Hall–Kier alpha value is -2.40. The van der Waals surface area contributed by atoms with Crippen LogP contribution in [0.25, 0.3) is 0 Å². The molecule has 1 unspecified atom stereocenters. The topological polar surface area (TPSA) is 47.6 Å². The number of halogens is 1. The molecule has 122 valence electrons. The third-order valence-corrected chi connectivity index (χ3v) is 3.38. The number of benzene rings is 2. The average molecular weight is 317 g/mol. The van der Waals surface area contributed by atoms with Crippen molar-refractivity contribution < 1.29 is 18.7 Å². The van der Waals surface area contributed by atoms with Crippen molar-refractivity contribution in [3.63, 3.8) is 0 Å². The fourth-order valence-electron chi connectivity index (χ4n) is 2.24. The smallest absolute Gasteiger partial charge is 0.327 e. The van der Waals surface area contributed by atoms with Gasteiger partial charge in [0.05, 0.1) is 13.7 Å². The van der Waals surface area contributed by atoms with Crippen LogP contribution in [0.2, 0.25) is 0 Å². The van der Waals surface area contributed by atoms with Crippen molar-refractivity contribution >= 4 is 5.97 Å². The number of esters is 1. The standard InChI is InChI=1S/C18H20FNO3/c1-3-23-18(21)17(20-12-13-7-5-4-6-8-13)14-9-10-16(22-2)15(19)11-14/h4-11,17,20H,3,12H2,1-2H3. The summed E-state index contributed by atoms with van der Waals surface area (Å²) in [7, 11) is 1.40. The SMILES string of the molecule is CCOC(=O)C(NCc1ccccc1)c1ccc(OC)c(F)c1. The summed E-state index contributed by atoms with van der Waals surface area (Å²) in [5.41, 5.74) is 1.52. The van der Waals surface area contributed by atoms with Crippen LogP contribution in [0, 0.1) is 5.82 Å². The lowest BCUT2D eigenvalue weighted by Crippen LogP contribution is -2.30. The van der Waals surface area contributed by atoms with Gasteiger partial charge in [-0.15, -0.1) is 0 Å². The van der Waals surface area contributed by atoms with Gasteiger partial charge < -0.3 is 9.47 Å². The average Bonchev–Trinajstić information content (AvgIpc) is 2.56. The number of methoxy groups -OCH3 is 1. The molecule has 23 heavy (non-hydrogen) atoms. The van der Waals surface area contributed by atoms with E-state index in [4.69, 9.17) is 9.47 Å². The van der Waals surface area contributed by atoms with Crippen LogP contribution < -0.4 is 10.1 Å². The van der Waals surface area contributed by atoms with E-state index in [1.165, 1.54) is 19.2 Å². The van der Waals surface area contributed by atoms with E-state index < -0.39 is 17.8 Å². The maximum Gasteiger partial charge on any atom is 0.327 e. The molecule has 0 heterocycles. The Kier molecular flexibility index (Phi) is 6.11. The van der Waals surface area contributed by atoms with Crippen LogP contribution in [-0.4, -0.2) is 19.7 Å². The maximum absolute atomic E-state index is 13.9. The van der Waals surface area contributed by atoms with Crippen molar-refractivity contribution in [1.29, 1.82) is 0 Å². The van der Waals surface area contributed by atoms with Crippen molar-refractivity contribution in [2.75, 3.05) is 13.7 Å². The molecular formula is C18H20FNO3. The molecule has 0 spiro atoms. The first-order valence-electron chi connectivity index (χ1n) is 7.43. The van der Waals surface area contributed by atoms with Gasteiger partial charge in [-0.1, -0.05) is 36.4 Å². The zero-order valence-electron chi connectivity index (χ0n) is 13.2. The molecular weight excluding hydrogens is 297 g/mol. The zero-order valence-corrected chi connectivity index (χ0v) is 13.2. The highest BCUT2D eigenvalue weighted by Crippen LogP contribution is 2.23. The first-order chi connectivity index (χ1) is 11.2. The molecule has 5 heteroatoms. The second-order valence-electron chi connectivity index (χ2n) is 4.95. The number of ether oxygens (including phenoxy) is 2. The van der Waals surface area contributed by atoms with Crippen molar-refractivity contribution in [3.05, 3.63) is 65.5 Å². The number of nitrogens with one attached hydrogen (secondary N) is 1. The maximum atomic E-state index is 13.9. The Morgan fingerprint density at radius 1 is 1.22 bits per heavy atom. The molecule has 1 atom stereocenters. The van der Waals surface area contributed by atoms with Crippen LogP contribution in [0.1, 0.15) is 24.1 Å². The summed E-state index contributed by atoms with van der Waals surface area (Å²) in [4.78, 5) is 12.2. The molecule has 0 aliphatic rings. The third-order valence-electron chi connectivity index (χ3n) is 3.38. The van der Waals surface area contributed by atoms with E-state index in [1.807, 2.05) is 30.3 Å². The fraction of sp³-hybridized carbons (Fsp3) is 0.278. The monoisotopic (exact) mass is 317 g/mol. The van der Waals surface area contributed by atoms with Crippen molar-refractivity contribution in [3.8, 4) is 5.75 Å². The van der Waals surface area contributed by atoms with E-state index in [9.17, 15) is 9.18 Å². The van der Waals surface area contributed by atoms with Gasteiger partial charge in [-0.05, 0) is 30.2 Å². The van der Waals surface area contributed by atoms with Gasteiger partial charge in [0.25, 0.3) is 0 Å². The molecule has 1 N–H and O–H groups in total. The quantitative estimate of drug-likeness (QED) is 0.797. The summed E-state index contributed by atoms with van der Waals surface area (Å²) in [6.07, 6.45) is 0. The van der Waals surface area contributed by atoms with Crippen LogP contribution >= 0.6 is 0 Å². The fourth-order valence-corrected chi connectivity index (χ4v) is 2.24. The predicted octanol–water partition coefficient (Wildman–Crippen LogP) is 3.23. The van der Waals surface area contributed by atoms with Crippen molar-refractivity contribution in [2.24, 2.45) is 0 Å². The second-order valence-corrected chi connectivity index (χ2v) is 4.95. The molecule has 0 aliphatic carbocycles. The van der Waals surface area contributed by atoms with Gasteiger partial charge >= 0.3 is 5.97 Å². The lowest BCUT2D eigenvalue weighted by atomic mass is 10.1. The highest BCUT2D eigenvalue weighted by Gasteiger charge is 2.22. The minimum absolute atomic E-state index is 0.138. The number of rotatable bonds is 7. The Morgan fingerprint density at radius 3 is 2.57 bits per heavy atom. The van der Waals surface area contributed by atoms with E-state index in [0.29, 0.717) is 12.1 Å². The summed E-state index contributed by atoms with van der Waals surface area (Å²) in [6, 6.07) is 13.4. The van der Waals surface area contributed by atoms with Gasteiger partial charge in [-0.3, -0.25) is 5.32 Å². The molecule has 0 radical (unpaired) electrons. The van der Waals surface area contributed by atoms with E-state index in [0.717, 1.165) is 5.56 Å². The first kappa shape index (κ1) is 17.0. The number of carbonyl (C=O) groups is 1. The molecule has 4 nitrogen and oxygen atoms in total. The number of hydrogen-bond donors (Lipinski definition) is 1. The minimum atomic E-state index is -0.740. The molecule has 2 aromatic rings. The number of hydrogen-bond acceptors (Lipinski definition) is 4. The summed E-state index contributed by atoms with van der Waals surface area (Å²) < 4.78 is 23.9. The number of carbonyl (C=O) groups excluding carboxylic acids is 1. The molecule has 0 bridgehead atoms. The largest absolute Gasteiger partial charge is 0.494 e. The molecule has 0 saturated heterocycles. The van der Waals surface area contributed by atoms with Gasteiger partial charge in [0.15, 0.2) is 11.6 Å². The van der Waals surface area contributed by atoms with Crippen LogP contribution in [-0.2, 0) is 16.1 Å². The summed E-state index contributed by atoms with van der Waals surface area (Å²) in [6.45, 7) is 2.47. The molecule has 2 aromatic carbocycles. The van der Waals surface area contributed by atoms with E-state index in [-0.39, 0.29) is 12.4 Å². The van der Waals surface area contributed by atoms with E-state index in [2.05, 4.69) is 5.32 Å². The zero-order chi connectivity index (χ0) is 16.7. The van der Waals surface area contributed by atoms with Crippen LogP contribution in [0.15, 0.2) is 48.5 Å². The normalized spacial score (nSPS) is 11.8. The van der Waals surface area contributed by atoms with Gasteiger partial charge in [-0.2, -0.15) is 0 Å².